The summed E-state index contributed by atoms with van der Waals surface area (Å²) in [7, 11) is 0. The molecule has 1 saturated heterocycles. The van der Waals surface area contributed by atoms with Crippen LogP contribution in [0.25, 0.3) is 0 Å². The average Bonchev–Trinajstić information content (AvgIpc) is 2.67. The van der Waals surface area contributed by atoms with Crippen molar-refractivity contribution in [3.63, 3.8) is 0 Å². The van der Waals surface area contributed by atoms with Gasteiger partial charge in [0.25, 0.3) is 0 Å². The molecule has 76 valence electrons. The monoisotopic (exact) mass is 319 g/mol. The minimum absolute atomic E-state index is 0.738. The second kappa shape index (κ2) is 4.57. The summed E-state index contributed by atoms with van der Waals surface area (Å²) in [4.78, 5) is 10.8. The van der Waals surface area contributed by atoms with E-state index in [0.29, 0.717) is 0 Å². The van der Waals surface area contributed by atoms with Gasteiger partial charge >= 0.3 is 0 Å². The normalized spacial score (nSPS) is 21.6. The molecule has 5 heteroatoms. The van der Waals surface area contributed by atoms with Gasteiger partial charge in [0.1, 0.15) is 0 Å². The number of anilines is 1. The Kier molecular flexibility index (Phi) is 3.38. The van der Waals surface area contributed by atoms with Gasteiger partial charge in [-0.3, -0.25) is 0 Å². The van der Waals surface area contributed by atoms with E-state index in [4.69, 9.17) is 0 Å². The summed E-state index contributed by atoms with van der Waals surface area (Å²) in [5, 5.41) is 1.07. The number of hydrogen-bond donors (Lipinski definition) is 0. The molecule has 0 amide bonds. The first kappa shape index (κ1) is 10.4. The highest BCUT2D eigenvalue weighted by Crippen LogP contribution is 2.22. The summed E-state index contributed by atoms with van der Waals surface area (Å²) >= 11 is 6.84. The molecule has 2 heterocycles. The molecule has 0 saturated carbocycles. The van der Waals surface area contributed by atoms with Crippen LogP contribution in [0, 0.1) is 5.92 Å². The van der Waals surface area contributed by atoms with Gasteiger partial charge in [-0.05, 0) is 28.3 Å². The highest BCUT2D eigenvalue weighted by molar-refractivity contribution is 9.10. The fourth-order valence-electron chi connectivity index (χ4n) is 1.61. The smallest absolute Gasteiger partial charge is 0.225 e. The van der Waals surface area contributed by atoms with E-state index in [0.717, 1.165) is 34.8 Å². The van der Waals surface area contributed by atoms with Gasteiger partial charge in [-0.1, -0.05) is 15.9 Å². The van der Waals surface area contributed by atoms with Crippen LogP contribution in [0.3, 0.4) is 0 Å². The van der Waals surface area contributed by atoms with Crippen molar-refractivity contribution in [1.29, 1.82) is 0 Å². The summed E-state index contributed by atoms with van der Waals surface area (Å²) in [6, 6.07) is 0. The fourth-order valence-corrected chi connectivity index (χ4v) is 2.34. The highest BCUT2D eigenvalue weighted by atomic mass is 79.9. The van der Waals surface area contributed by atoms with E-state index in [2.05, 4.69) is 46.7 Å². The third-order valence-corrected chi connectivity index (χ3v) is 3.72. The number of alkyl halides is 1. The molecule has 1 fully saturated rings. The molecule has 1 aliphatic rings. The summed E-state index contributed by atoms with van der Waals surface area (Å²) in [6.45, 7) is 2.13. The Morgan fingerprint density at radius 2 is 2.14 bits per heavy atom. The molecule has 0 aromatic carbocycles. The van der Waals surface area contributed by atoms with E-state index in [1.54, 1.807) is 12.4 Å². The average molecular weight is 321 g/mol. The van der Waals surface area contributed by atoms with Crippen molar-refractivity contribution >= 4 is 37.8 Å². The van der Waals surface area contributed by atoms with Crippen LogP contribution in [0.5, 0.6) is 0 Å². The first-order valence-corrected chi connectivity index (χ1v) is 6.49. The summed E-state index contributed by atoms with van der Waals surface area (Å²) in [5.74, 6) is 1.58. The van der Waals surface area contributed by atoms with Crippen molar-refractivity contribution in [1.82, 2.24) is 9.97 Å². The number of halogens is 2. The molecule has 2 rings (SSSR count). The predicted molar refractivity (Wildman–Crippen MR) is 63.8 cm³/mol. The Morgan fingerprint density at radius 3 is 2.71 bits per heavy atom. The Morgan fingerprint density at radius 1 is 1.43 bits per heavy atom. The molecular formula is C9H11Br2N3. The van der Waals surface area contributed by atoms with E-state index in [1.807, 2.05) is 0 Å². The highest BCUT2D eigenvalue weighted by Gasteiger charge is 2.22. The minimum Gasteiger partial charge on any atom is -0.341 e. The lowest BCUT2D eigenvalue weighted by atomic mass is 10.2. The van der Waals surface area contributed by atoms with Gasteiger partial charge < -0.3 is 4.90 Å². The topological polar surface area (TPSA) is 29.0 Å². The van der Waals surface area contributed by atoms with Gasteiger partial charge in [-0.2, -0.15) is 0 Å². The van der Waals surface area contributed by atoms with Gasteiger partial charge in [0.15, 0.2) is 0 Å². The number of rotatable bonds is 2. The maximum atomic E-state index is 4.28. The maximum absolute atomic E-state index is 4.28. The van der Waals surface area contributed by atoms with Gasteiger partial charge in [0.2, 0.25) is 5.95 Å². The Balaban J connectivity index is 2.06. The predicted octanol–water partition coefficient (Wildman–Crippen LogP) is 2.46. The second-order valence-electron chi connectivity index (χ2n) is 3.46. The zero-order valence-corrected chi connectivity index (χ0v) is 10.8. The third kappa shape index (κ3) is 2.25. The quantitative estimate of drug-likeness (QED) is 0.784. The van der Waals surface area contributed by atoms with E-state index in [9.17, 15) is 0 Å². The Labute approximate surface area is 100 Å². The lowest BCUT2D eigenvalue weighted by molar-refractivity contribution is 0.674. The van der Waals surface area contributed by atoms with Crippen LogP contribution in [-0.2, 0) is 0 Å². The fraction of sp³-hybridized carbons (Fsp3) is 0.556. The second-order valence-corrected chi connectivity index (χ2v) is 5.02. The van der Waals surface area contributed by atoms with Crippen molar-refractivity contribution in [2.24, 2.45) is 5.92 Å². The first-order valence-electron chi connectivity index (χ1n) is 4.58. The third-order valence-electron chi connectivity index (χ3n) is 2.39. The largest absolute Gasteiger partial charge is 0.341 e. The Hall–Kier alpha value is -0.160. The molecule has 1 unspecified atom stereocenters. The molecule has 0 bridgehead atoms. The molecule has 1 atom stereocenters. The van der Waals surface area contributed by atoms with Crippen molar-refractivity contribution in [2.45, 2.75) is 6.42 Å². The Bertz CT molecular complexity index is 301. The van der Waals surface area contributed by atoms with Gasteiger partial charge in [0, 0.05) is 30.8 Å². The van der Waals surface area contributed by atoms with Gasteiger partial charge in [0.05, 0.1) is 4.47 Å². The van der Waals surface area contributed by atoms with Crippen molar-refractivity contribution in [2.75, 3.05) is 23.3 Å². The molecular weight excluding hydrogens is 310 g/mol. The number of nitrogens with zero attached hydrogens (tertiary/aromatic N) is 3. The van der Waals surface area contributed by atoms with E-state index in [1.165, 1.54) is 6.42 Å². The zero-order chi connectivity index (χ0) is 9.97. The van der Waals surface area contributed by atoms with E-state index in [-0.39, 0.29) is 0 Å². The van der Waals surface area contributed by atoms with Crippen LogP contribution in [0.1, 0.15) is 6.42 Å². The van der Waals surface area contributed by atoms with Crippen LogP contribution >= 0.6 is 31.9 Å². The summed E-state index contributed by atoms with van der Waals surface area (Å²) < 4.78 is 0.928. The van der Waals surface area contributed by atoms with Crippen LogP contribution in [0.15, 0.2) is 16.9 Å². The van der Waals surface area contributed by atoms with Crippen LogP contribution < -0.4 is 4.90 Å². The molecule has 0 spiro atoms. The summed E-state index contributed by atoms with van der Waals surface area (Å²) in [5.41, 5.74) is 0. The summed E-state index contributed by atoms with van der Waals surface area (Å²) in [6.07, 6.45) is 4.82. The van der Waals surface area contributed by atoms with Crippen LogP contribution in [-0.4, -0.2) is 28.4 Å². The molecule has 3 nitrogen and oxygen atoms in total. The molecule has 14 heavy (non-hydrogen) atoms. The molecule has 0 radical (unpaired) electrons. The van der Waals surface area contributed by atoms with Gasteiger partial charge in [-0.15, -0.1) is 0 Å². The van der Waals surface area contributed by atoms with Crippen molar-refractivity contribution in [3.05, 3.63) is 16.9 Å². The van der Waals surface area contributed by atoms with Crippen molar-refractivity contribution in [3.8, 4) is 0 Å². The molecule has 1 aromatic heterocycles. The van der Waals surface area contributed by atoms with Crippen LogP contribution in [0.2, 0.25) is 0 Å². The van der Waals surface area contributed by atoms with Gasteiger partial charge in [-0.25, -0.2) is 9.97 Å². The van der Waals surface area contributed by atoms with E-state index < -0.39 is 0 Å². The SMILES string of the molecule is BrCC1CCN(c2ncc(Br)cn2)C1. The van der Waals surface area contributed by atoms with Crippen molar-refractivity contribution < 1.29 is 0 Å². The lowest BCUT2D eigenvalue weighted by Gasteiger charge is -2.15. The molecule has 0 aliphatic carbocycles. The van der Waals surface area contributed by atoms with Crippen LogP contribution in [0.4, 0.5) is 5.95 Å². The van der Waals surface area contributed by atoms with E-state index >= 15 is 0 Å². The maximum Gasteiger partial charge on any atom is 0.225 e. The molecule has 1 aromatic rings. The minimum atomic E-state index is 0.738. The first-order chi connectivity index (χ1) is 6.79. The molecule has 1 aliphatic heterocycles. The zero-order valence-electron chi connectivity index (χ0n) is 7.66. The standard InChI is InChI=1S/C9H11Br2N3/c10-3-7-1-2-14(6-7)9-12-4-8(11)5-13-9/h4-5,7H,1-3,6H2. The number of aromatic nitrogens is 2. The molecule has 0 N–H and O–H groups in total. The number of hydrogen-bond acceptors (Lipinski definition) is 3. The lowest BCUT2D eigenvalue weighted by Crippen LogP contribution is -2.22.